The number of benzene rings is 1. The van der Waals surface area contributed by atoms with Crippen molar-refractivity contribution in [3.8, 4) is 0 Å². The lowest BCUT2D eigenvalue weighted by Crippen LogP contribution is -2.52. The van der Waals surface area contributed by atoms with Gasteiger partial charge in [0.05, 0.1) is 22.3 Å². The second-order valence-electron chi connectivity index (χ2n) is 2.83. The van der Waals surface area contributed by atoms with Crippen LogP contribution in [0, 0.1) is 0 Å². The molecule has 1 aromatic rings. The van der Waals surface area contributed by atoms with Gasteiger partial charge in [0.1, 0.15) is 0 Å². The maximum Gasteiger partial charge on any atom is 0.0993 e. The van der Waals surface area contributed by atoms with Crippen LogP contribution in [0.3, 0.4) is 0 Å². The lowest BCUT2D eigenvalue weighted by atomic mass is 10.3. The highest BCUT2D eigenvalue weighted by atomic mass is 35.5. The zero-order valence-electron chi connectivity index (χ0n) is 7.78. The largest absolute Gasteiger partial charge is 0.575 e. The van der Waals surface area contributed by atoms with Crippen LogP contribution >= 0.6 is 23.2 Å². The molecule has 15 heavy (non-hydrogen) atoms. The number of quaternary nitrogens is 1. The van der Waals surface area contributed by atoms with E-state index < -0.39 is 10.0 Å². The molecule has 0 saturated carbocycles. The molecule has 0 bridgehead atoms. The van der Waals surface area contributed by atoms with Crippen LogP contribution in [-0.4, -0.2) is 20.7 Å². The number of nitrogens with zero attached hydrogens (tertiary/aromatic N) is 1. The van der Waals surface area contributed by atoms with E-state index in [1.165, 1.54) is 18.2 Å². The summed E-state index contributed by atoms with van der Waals surface area (Å²) >= 11 is 11.4. The predicted molar refractivity (Wildman–Crippen MR) is 61.0 cm³/mol. The Morgan fingerprint density at radius 1 is 1.33 bits per heavy atom. The van der Waals surface area contributed by atoms with Gasteiger partial charge in [0.15, 0.2) is 0 Å². The van der Waals surface area contributed by atoms with Crippen molar-refractivity contribution in [2.45, 2.75) is 0 Å². The van der Waals surface area contributed by atoms with Crippen molar-refractivity contribution in [2.75, 3.05) is 12.3 Å². The SMILES string of the molecule is [NH3+]CCS(=O)(=O)[N-]c1ccc(Cl)cc1Cl. The normalized spacial score (nSPS) is 11.4. The second kappa shape index (κ2) is 5.03. The first kappa shape index (κ1) is 12.6. The second-order valence-corrected chi connectivity index (χ2v) is 5.42. The number of halogens is 2. The van der Waals surface area contributed by atoms with Crippen molar-refractivity contribution in [3.63, 3.8) is 0 Å². The van der Waals surface area contributed by atoms with E-state index in [1.54, 1.807) is 0 Å². The number of rotatable bonds is 4. The minimum Gasteiger partial charge on any atom is -0.575 e. The van der Waals surface area contributed by atoms with Gasteiger partial charge in [-0.2, -0.15) is 0 Å². The third-order valence-electron chi connectivity index (χ3n) is 1.55. The Balaban J connectivity index is 2.90. The van der Waals surface area contributed by atoms with Gasteiger partial charge in [-0.05, 0) is 12.1 Å². The molecule has 1 rings (SSSR count). The van der Waals surface area contributed by atoms with Crippen molar-refractivity contribution < 1.29 is 14.2 Å². The maximum atomic E-state index is 11.3. The summed E-state index contributed by atoms with van der Waals surface area (Å²) in [6.07, 6.45) is 0. The summed E-state index contributed by atoms with van der Waals surface area (Å²) < 4.78 is 26.2. The standard InChI is InChI=1S/C8H9Cl2N2O2S/c9-6-1-2-8(7(10)5-6)12-15(13,14)4-3-11/h1-2,5H,3-4,11H2/q-1/p+1. The van der Waals surface area contributed by atoms with Gasteiger partial charge >= 0.3 is 0 Å². The lowest BCUT2D eigenvalue weighted by Gasteiger charge is -2.22. The molecule has 0 atom stereocenters. The maximum absolute atomic E-state index is 11.3. The van der Waals surface area contributed by atoms with Gasteiger partial charge in [-0.3, -0.25) is 0 Å². The Morgan fingerprint density at radius 3 is 2.53 bits per heavy atom. The van der Waals surface area contributed by atoms with Crippen LogP contribution in [0.15, 0.2) is 18.2 Å². The molecule has 0 aliphatic heterocycles. The average Bonchev–Trinajstić information content (AvgIpc) is 2.09. The zero-order valence-corrected chi connectivity index (χ0v) is 10.1. The Bertz CT molecular complexity index is 448. The summed E-state index contributed by atoms with van der Waals surface area (Å²) in [7, 11) is -3.49. The molecular weight excluding hydrogens is 259 g/mol. The summed E-state index contributed by atoms with van der Waals surface area (Å²) in [4.78, 5) is 0. The third-order valence-corrected chi connectivity index (χ3v) is 3.37. The van der Waals surface area contributed by atoms with E-state index >= 15 is 0 Å². The van der Waals surface area contributed by atoms with Gasteiger partial charge in [0.2, 0.25) is 0 Å². The summed E-state index contributed by atoms with van der Waals surface area (Å²) in [6, 6.07) is 4.44. The topological polar surface area (TPSA) is 75.9 Å². The number of hydrogen-bond donors (Lipinski definition) is 1. The molecule has 7 heteroatoms. The summed E-state index contributed by atoms with van der Waals surface area (Å²) in [5.41, 5.74) is 3.66. The smallest absolute Gasteiger partial charge is 0.0993 e. The minimum atomic E-state index is -3.49. The molecule has 0 aromatic heterocycles. The molecule has 3 N–H and O–H groups in total. The minimum absolute atomic E-state index is 0.0913. The Labute approximate surface area is 98.4 Å². The van der Waals surface area contributed by atoms with Crippen LogP contribution in [0.5, 0.6) is 0 Å². The molecule has 1 aromatic carbocycles. The van der Waals surface area contributed by atoms with Gasteiger partial charge in [-0.25, -0.2) is 8.42 Å². The van der Waals surface area contributed by atoms with E-state index in [0.29, 0.717) is 5.02 Å². The van der Waals surface area contributed by atoms with Crippen molar-refractivity contribution in [1.29, 1.82) is 0 Å². The van der Waals surface area contributed by atoms with Gasteiger partial charge < -0.3 is 10.5 Å². The zero-order chi connectivity index (χ0) is 11.5. The summed E-state index contributed by atoms with van der Waals surface area (Å²) in [5.74, 6) is -0.0913. The van der Waals surface area contributed by atoms with Crippen LogP contribution in [-0.2, 0) is 10.0 Å². The Kier molecular flexibility index (Phi) is 4.21. The van der Waals surface area contributed by atoms with Crippen LogP contribution in [0.4, 0.5) is 5.69 Å². The van der Waals surface area contributed by atoms with E-state index in [2.05, 4.69) is 10.5 Å². The van der Waals surface area contributed by atoms with Crippen LogP contribution in [0.2, 0.25) is 10.0 Å². The van der Waals surface area contributed by atoms with Crippen LogP contribution < -0.4 is 5.73 Å². The van der Waals surface area contributed by atoms with Crippen LogP contribution in [0.1, 0.15) is 0 Å². The molecule has 0 spiro atoms. The molecule has 0 fully saturated rings. The highest BCUT2D eigenvalue weighted by molar-refractivity contribution is 7.94. The predicted octanol–water partition coefficient (Wildman–Crippen LogP) is 1.57. The van der Waals surface area contributed by atoms with Crippen molar-refractivity contribution >= 4 is 38.9 Å². The molecule has 0 aliphatic rings. The Morgan fingerprint density at radius 2 is 2.00 bits per heavy atom. The lowest BCUT2D eigenvalue weighted by molar-refractivity contribution is -0.360. The molecule has 0 heterocycles. The van der Waals surface area contributed by atoms with Gasteiger partial charge in [-0.1, -0.05) is 29.3 Å². The van der Waals surface area contributed by atoms with Gasteiger partial charge in [0, 0.05) is 10.0 Å². The fourth-order valence-electron chi connectivity index (χ4n) is 0.933. The molecule has 4 nitrogen and oxygen atoms in total. The third kappa shape index (κ3) is 3.87. The molecule has 0 radical (unpaired) electrons. The van der Waals surface area contributed by atoms with Crippen LogP contribution in [0.25, 0.3) is 4.72 Å². The first-order valence-corrected chi connectivity index (χ1v) is 6.51. The average molecular weight is 269 g/mol. The molecular formula is C8H10Cl2N2O2S. The van der Waals surface area contributed by atoms with E-state index in [-0.39, 0.29) is 23.0 Å². The van der Waals surface area contributed by atoms with E-state index in [4.69, 9.17) is 23.2 Å². The Hall–Kier alpha value is -0.490. The number of hydrogen-bond acceptors (Lipinski definition) is 2. The first-order valence-electron chi connectivity index (χ1n) is 4.14. The highest BCUT2D eigenvalue weighted by Gasteiger charge is 2.01. The van der Waals surface area contributed by atoms with E-state index in [0.717, 1.165) is 0 Å². The molecule has 0 unspecified atom stereocenters. The van der Waals surface area contributed by atoms with Crippen molar-refractivity contribution in [2.24, 2.45) is 0 Å². The fourth-order valence-corrected chi connectivity index (χ4v) is 2.35. The van der Waals surface area contributed by atoms with Gasteiger partial charge in [0.25, 0.3) is 0 Å². The molecule has 84 valence electrons. The quantitative estimate of drug-likeness (QED) is 0.900. The van der Waals surface area contributed by atoms with E-state index in [1.807, 2.05) is 0 Å². The van der Waals surface area contributed by atoms with E-state index in [9.17, 15) is 8.42 Å². The highest BCUT2D eigenvalue weighted by Crippen LogP contribution is 2.33. The van der Waals surface area contributed by atoms with Gasteiger partial charge in [-0.15, -0.1) is 5.69 Å². The molecule has 0 amide bonds. The van der Waals surface area contributed by atoms with Crippen molar-refractivity contribution in [1.82, 2.24) is 0 Å². The first-order chi connectivity index (χ1) is 6.94. The fraction of sp³-hybridized carbons (Fsp3) is 0.250. The molecule has 0 aliphatic carbocycles. The number of sulfonamides is 1. The summed E-state index contributed by atoms with van der Waals surface area (Å²) in [5, 5.41) is 0.656. The van der Waals surface area contributed by atoms with Crippen molar-refractivity contribution in [3.05, 3.63) is 33.0 Å². The summed E-state index contributed by atoms with van der Waals surface area (Å²) in [6.45, 7) is 0.275. The monoisotopic (exact) mass is 268 g/mol. The molecule has 0 saturated heterocycles.